The number of urea groups is 2. The smallest absolute Gasteiger partial charge is 0.320 e. The number of nitrogens with one attached hydrogen (secondary N) is 2. The first kappa shape index (κ1) is 32.6. The zero-order valence-electron chi connectivity index (χ0n) is 26.4. The van der Waals surface area contributed by atoms with Crippen LogP contribution in [-0.2, 0) is 9.59 Å². The van der Waals surface area contributed by atoms with Gasteiger partial charge in [0.1, 0.15) is 12.1 Å². The van der Waals surface area contributed by atoms with Crippen LogP contribution < -0.4 is 10.6 Å². The zero-order valence-corrected chi connectivity index (χ0v) is 26.4. The normalized spacial score (nSPS) is 18.0. The number of carbonyl (C=O) groups is 4. The van der Waals surface area contributed by atoms with E-state index >= 15 is 0 Å². The van der Waals surface area contributed by atoms with E-state index in [0.29, 0.717) is 63.5 Å². The molecule has 0 aliphatic carbocycles. The van der Waals surface area contributed by atoms with Gasteiger partial charge < -0.3 is 30.2 Å². The third-order valence-electron chi connectivity index (χ3n) is 8.49. The summed E-state index contributed by atoms with van der Waals surface area (Å²) < 4.78 is 0. The van der Waals surface area contributed by atoms with Crippen LogP contribution >= 0.6 is 0 Å². The summed E-state index contributed by atoms with van der Waals surface area (Å²) in [5.74, 6) is -0.316. The van der Waals surface area contributed by atoms with Gasteiger partial charge in [-0.2, -0.15) is 0 Å². The monoisotopic (exact) mass is 602 g/mol. The first-order chi connectivity index (χ1) is 21.3. The summed E-state index contributed by atoms with van der Waals surface area (Å²) in [5.41, 5.74) is 3.32. The van der Waals surface area contributed by atoms with Gasteiger partial charge in [0.2, 0.25) is 11.8 Å². The molecule has 236 valence electrons. The van der Waals surface area contributed by atoms with Crippen LogP contribution in [0.25, 0.3) is 12.2 Å². The highest BCUT2D eigenvalue weighted by Crippen LogP contribution is 2.23. The zero-order chi connectivity index (χ0) is 31.6. The third-order valence-corrected chi connectivity index (χ3v) is 8.49. The number of benzene rings is 2. The van der Waals surface area contributed by atoms with E-state index < -0.39 is 12.1 Å². The molecule has 0 saturated carbocycles. The van der Waals surface area contributed by atoms with Gasteiger partial charge in [-0.1, -0.05) is 36.4 Å². The van der Waals surface area contributed by atoms with Crippen LogP contribution in [0.1, 0.15) is 64.5 Å². The molecule has 2 aliphatic rings. The highest BCUT2D eigenvalue weighted by Gasteiger charge is 2.36. The van der Waals surface area contributed by atoms with Crippen molar-refractivity contribution in [2.75, 3.05) is 49.9 Å². The van der Waals surface area contributed by atoms with E-state index in [0.717, 1.165) is 24.0 Å². The van der Waals surface area contributed by atoms with Gasteiger partial charge in [-0.05, 0) is 88.8 Å². The Morgan fingerprint density at radius 2 is 0.977 bits per heavy atom. The molecular formula is C34H46N6O4. The first-order valence-electron chi connectivity index (χ1n) is 15.9. The second-order valence-electron chi connectivity index (χ2n) is 11.2. The molecule has 2 heterocycles. The fourth-order valence-corrected chi connectivity index (χ4v) is 5.89. The maximum absolute atomic E-state index is 13.0. The fraction of sp³-hybridized carbons (Fsp3) is 0.471. The molecule has 0 aromatic heterocycles. The molecule has 2 fully saturated rings. The van der Waals surface area contributed by atoms with Crippen molar-refractivity contribution in [3.8, 4) is 0 Å². The molecule has 2 saturated heterocycles. The van der Waals surface area contributed by atoms with Gasteiger partial charge in [-0.25, -0.2) is 9.59 Å². The molecule has 0 bridgehead atoms. The van der Waals surface area contributed by atoms with Crippen molar-refractivity contribution in [1.82, 2.24) is 19.6 Å². The van der Waals surface area contributed by atoms with E-state index in [1.165, 1.54) is 0 Å². The Labute approximate surface area is 261 Å². The van der Waals surface area contributed by atoms with Crippen LogP contribution in [0.4, 0.5) is 21.0 Å². The summed E-state index contributed by atoms with van der Waals surface area (Å²) in [6.45, 7) is 11.5. The van der Waals surface area contributed by atoms with Gasteiger partial charge in [-0.3, -0.25) is 9.59 Å². The Kier molecular flexibility index (Phi) is 11.4. The summed E-state index contributed by atoms with van der Waals surface area (Å²) in [6, 6.07) is 14.1. The minimum atomic E-state index is -0.456. The maximum atomic E-state index is 13.0. The average molecular weight is 603 g/mol. The molecule has 44 heavy (non-hydrogen) atoms. The average Bonchev–Trinajstić information content (AvgIpc) is 3.73. The molecule has 2 aromatic carbocycles. The van der Waals surface area contributed by atoms with Crippen LogP contribution in [0, 0.1) is 0 Å². The molecule has 4 rings (SSSR count). The van der Waals surface area contributed by atoms with Gasteiger partial charge in [0.05, 0.1) is 0 Å². The van der Waals surface area contributed by atoms with Crippen LogP contribution in [0.5, 0.6) is 0 Å². The Hall–Kier alpha value is -4.34. The summed E-state index contributed by atoms with van der Waals surface area (Å²) in [7, 11) is 0. The molecule has 2 N–H and O–H groups in total. The molecule has 0 radical (unpaired) electrons. The third kappa shape index (κ3) is 7.78. The number of likely N-dealkylation sites (tertiary alicyclic amines) is 2. The fourth-order valence-electron chi connectivity index (χ4n) is 5.89. The van der Waals surface area contributed by atoms with Crippen LogP contribution in [0.2, 0.25) is 0 Å². The molecule has 2 atom stereocenters. The van der Waals surface area contributed by atoms with Crippen molar-refractivity contribution < 1.29 is 19.2 Å². The molecule has 10 nitrogen and oxygen atoms in total. The number of hydrogen-bond donors (Lipinski definition) is 2. The predicted molar refractivity (Wildman–Crippen MR) is 175 cm³/mol. The highest BCUT2D eigenvalue weighted by molar-refractivity contribution is 5.98. The molecule has 6 amide bonds. The Morgan fingerprint density at radius 3 is 1.30 bits per heavy atom. The maximum Gasteiger partial charge on any atom is 0.320 e. The largest absolute Gasteiger partial charge is 0.325 e. The van der Waals surface area contributed by atoms with E-state index in [4.69, 9.17) is 0 Å². The minimum absolute atomic E-state index is 0.0774. The molecule has 2 aromatic rings. The van der Waals surface area contributed by atoms with E-state index in [2.05, 4.69) is 10.6 Å². The summed E-state index contributed by atoms with van der Waals surface area (Å²) in [4.78, 5) is 58.6. The van der Waals surface area contributed by atoms with Crippen LogP contribution in [0.15, 0.2) is 48.5 Å². The molecular weight excluding hydrogens is 556 g/mol. The SMILES string of the molecule is CCN(CC)C(=O)N1CCC[C@H]1C(=O)Nc1ccc(C=Cc2ccc(NC(=O)[C@@H]3CCCN3C(=O)N(CC)CC)cc2)cc1. The van der Waals surface area contributed by atoms with Gasteiger partial charge in [-0.15, -0.1) is 0 Å². The van der Waals surface area contributed by atoms with Crippen molar-refractivity contribution >= 4 is 47.4 Å². The summed E-state index contributed by atoms with van der Waals surface area (Å²) in [5, 5.41) is 5.95. The van der Waals surface area contributed by atoms with Crippen molar-refractivity contribution in [2.24, 2.45) is 0 Å². The van der Waals surface area contributed by atoms with Gasteiger partial charge in [0, 0.05) is 50.6 Å². The number of nitrogens with zero attached hydrogens (tertiary/aromatic N) is 4. The topological polar surface area (TPSA) is 105 Å². The number of amides is 6. The van der Waals surface area contributed by atoms with E-state index in [9.17, 15) is 19.2 Å². The highest BCUT2D eigenvalue weighted by atomic mass is 16.2. The Bertz CT molecular complexity index is 1220. The standard InChI is InChI=1S/C34H46N6O4/c1-5-37(6-2)33(43)39-23-9-11-29(39)31(41)35-27-19-15-25(16-20-27)13-14-26-17-21-28(22-18-26)36-32(42)30-12-10-24-40(30)34(44)38(7-3)8-4/h13-22,29-30H,5-12,23-24H2,1-4H3,(H,35,41)(H,36,42)/t29-,30-/m0/s1. The number of carbonyl (C=O) groups excluding carboxylic acids is 4. The lowest BCUT2D eigenvalue weighted by Crippen LogP contribution is -2.49. The van der Waals surface area contributed by atoms with E-state index in [-0.39, 0.29) is 23.9 Å². The molecule has 0 spiro atoms. The van der Waals surface area contributed by atoms with Crippen LogP contribution in [-0.4, -0.2) is 94.8 Å². The number of rotatable bonds is 10. The quantitative estimate of drug-likeness (QED) is 0.346. The Balaban J connectivity index is 1.30. The van der Waals surface area contributed by atoms with Crippen molar-refractivity contribution in [3.05, 3.63) is 59.7 Å². The lowest BCUT2D eigenvalue weighted by atomic mass is 10.1. The van der Waals surface area contributed by atoms with Gasteiger partial charge in [0.15, 0.2) is 0 Å². The van der Waals surface area contributed by atoms with Crippen molar-refractivity contribution in [2.45, 2.75) is 65.5 Å². The lowest BCUT2D eigenvalue weighted by molar-refractivity contribution is -0.120. The predicted octanol–water partition coefficient (Wildman–Crippen LogP) is 5.59. The second kappa shape index (κ2) is 15.4. The first-order valence-corrected chi connectivity index (χ1v) is 15.9. The minimum Gasteiger partial charge on any atom is -0.325 e. The molecule has 10 heteroatoms. The second-order valence-corrected chi connectivity index (χ2v) is 11.2. The van der Waals surface area contributed by atoms with E-state index in [1.54, 1.807) is 19.6 Å². The Morgan fingerprint density at radius 1 is 0.636 bits per heavy atom. The van der Waals surface area contributed by atoms with Gasteiger partial charge >= 0.3 is 12.1 Å². The number of anilines is 2. The molecule has 2 aliphatic heterocycles. The summed E-state index contributed by atoms with van der Waals surface area (Å²) in [6.07, 6.45) is 6.93. The summed E-state index contributed by atoms with van der Waals surface area (Å²) >= 11 is 0. The van der Waals surface area contributed by atoms with E-state index in [1.807, 2.05) is 88.4 Å². The van der Waals surface area contributed by atoms with Crippen molar-refractivity contribution in [1.29, 1.82) is 0 Å². The van der Waals surface area contributed by atoms with Gasteiger partial charge in [0.25, 0.3) is 0 Å². The van der Waals surface area contributed by atoms with Crippen molar-refractivity contribution in [3.63, 3.8) is 0 Å². The molecule has 0 unspecified atom stereocenters. The lowest BCUT2D eigenvalue weighted by Gasteiger charge is -2.30. The van der Waals surface area contributed by atoms with Crippen LogP contribution in [0.3, 0.4) is 0 Å². The number of hydrogen-bond acceptors (Lipinski definition) is 4.